The highest BCUT2D eigenvalue weighted by atomic mass is 16.3. The highest BCUT2D eigenvalue weighted by Crippen LogP contribution is 2.55. The quantitative estimate of drug-likeness (QED) is 0.158. The van der Waals surface area contributed by atoms with Gasteiger partial charge in [0.25, 0.3) is 0 Å². The van der Waals surface area contributed by atoms with E-state index in [4.69, 9.17) is 4.42 Å². The summed E-state index contributed by atoms with van der Waals surface area (Å²) in [6.07, 6.45) is 4.33. The number of rotatable bonds is 7. The Morgan fingerprint density at radius 2 is 1.14 bits per heavy atom. The molecule has 1 heterocycles. The maximum atomic E-state index is 6.85. The molecule has 0 amide bonds. The van der Waals surface area contributed by atoms with Crippen LogP contribution >= 0.6 is 0 Å². The van der Waals surface area contributed by atoms with Gasteiger partial charge in [0.15, 0.2) is 5.58 Å². The number of benzene rings is 9. The first-order valence-electron chi connectivity index (χ1n) is 25.0. The first kappa shape index (κ1) is 42.7. The van der Waals surface area contributed by atoms with Crippen molar-refractivity contribution in [3.05, 3.63) is 246 Å². The molecular formula is C69H53NO. The van der Waals surface area contributed by atoms with Gasteiger partial charge in [-0.3, -0.25) is 0 Å². The van der Waals surface area contributed by atoms with Gasteiger partial charge in [-0.2, -0.15) is 0 Å². The third-order valence-electron chi connectivity index (χ3n) is 15.5. The van der Waals surface area contributed by atoms with Gasteiger partial charge in [0.2, 0.25) is 0 Å². The van der Waals surface area contributed by atoms with E-state index in [9.17, 15) is 0 Å². The van der Waals surface area contributed by atoms with Crippen molar-refractivity contribution in [1.82, 2.24) is 0 Å². The predicted octanol–water partition coefficient (Wildman–Crippen LogP) is 19.0. The van der Waals surface area contributed by atoms with Gasteiger partial charge in [0.05, 0.1) is 16.9 Å². The zero-order chi connectivity index (χ0) is 48.0. The van der Waals surface area contributed by atoms with Gasteiger partial charge < -0.3 is 9.32 Å². The molecule has 0 fully saturated rings. The van der Waals surface area contributed by atoms with Crippen LogP contribution in [-0.2, 0) is 10.8 Å². The Hall–Kier alpha value is -8.38. The summed E-state index contributed by atoms with van der Waals surface area (Å²) in [6, 6.07) is 80.6. The number of hydrogen-bond acceptors (Lipinski definition) is 2. The molecule has 0 atom stereocenters. The average molecular weight is 912 g/mol. The molecule has 0 unspecified atom stereocenters. The lowest BCUT2D eigenvalue weighted by Crippen LogP contribution is -2.23. The summed E-state index contributed by atoms with van der Waals surface area (Å²) in [4.78, 5) is 2.57. The lowest BCUT2D eigenvalue weighted by atomic mass is 9.78. The topological polar surface area (TPSA) is 16.4 Å². The first-order chi connectivity index (χ1) is 34.6. The van der Waals surface area contributed by atoms with E-state index >= 15 is 0 Å². The summed E-state index contributed by atoms with van der Waals surface area (Å²) in [6.45, 7) is 11.6. The van der Waals surface area contributed by atoms with Crippen LogP contribution in [-0.4, -0.2) is 0 Å². The molecule has 13 rings (SSSR count). The van der Waals surface area contributed by atoms with Gasteiger partial charge in [-0.1, -0.05) is 210 Å². The number of fused-ring (bicyclic) bond motifs is 7. The van der Waals surface area contributed by atoms with Gasteiger partial charge in [-0.15, -0.1) is 0 Å². The van der Waals surface area contributed by atoms with Crippen LogP contribution < -0.4 is 4.90 Å². The Morgan fingerprint density at radius 1 is 0.521 bits per heavy atom. The molecule has 71 heavy (non-hydrogen) atoms. The van der Waals surface area contributed by atoms with Crippen LogP contribution in [0.2, 0.25) is 0 Å². The molecular weight excluding hydrogens is 859 g/mol. The van der Waals surface area contributed by atoms with Crippen molar-refractivity contribution in [2.24, 2.45) is 0 Å². The van der Waals surface area contributed by atoms with E-state index in [2.05, 4.69) is 246 Å². The van der Waals surface area contributed by atoms with E-state index in [0.717, 1.165) is 84.7 Å². The minimum Gasteiger partial charge on any atom is -0.455 e. The van der Waals surface area contributed by atoms with E-state index in [1.807, 2.05) is 12.1 Å². The van der Waals surface area contributed by atoms with E-state index in [1.165, 1.54) is 61.0 Å². The van der Waals surface area contributed by atoms with Gasteiger partial charge in [-0.25, -0.2) is 0 Å². The van der Waals surface area contributed by atoms with Crippen LogP contribution in [0.3, 0.4) is 0 Å². The summed E-state index contributed by atoms with van der Waals surface area (Å²) in [5.41, 5.74) is 21.1. The third kappa shape index (κ3) is 7.10. The molecule has 2 aliphatic carbocycles. The van der Waals surface area contributed by atoms with Crippen LogP contribution in [0.4, 0.5) is 11.4 Å². The molecule has 2 aliphatic rings. The second-order valence-electron chi connectivity index (χ2n) is 21.0. The van der Waals surface area contributed by atoms with Crippen molar-refractivity contribution in [1.29, 1.82) is 0 Å². The van der Waals surface area contributed by atoms with Gasteiger partial charge in [0.1, 0.15) is 5.58 Å². The molecule has 0 aliphatic heterocycles. The fourth-order valence-corrected chi connectivity index (χ4v) is 11.7. The molecule has 0 radical (unpaired) electrons. The first-order valence-corrected chi connectivity index (χ1v) is 25.0. The largest absolute Gasteiger partial charge is 0.455 e. The van der Waals surface area contributed by atoms with Crippen molar-refractivity contribution >= 4 is 60.4 Å². The standard InChI is InChI=1S/C69H53NO/c1-68(2,3)52-34-30-45(31-35-52)44-26-28-46(29-27-44)51-33-38-63(58(40-51)47-16-7-6-8-17-47)70(53-36-37-61-60(43-53)59-41-49-19-9-10-20-50(49)42-62(59)69(61,4)5)64-39-32-48-18-11-12-21-54(48)66(64)57-24-15-23-56-55-22-13-14-25-65(55)71-67(56)57/h6-14,16-23,25-35,38-43H,36-37H2,1-5H3. The van der Waals surface area contributed by atoms with E-state index in [1.54, 1.807) is 0 Å². The normalized spacial score (nSPS) is 14.2. The molecule has 340 valence electrons. The lowest BCUT2D eigenvalue weighted by molar-refractivity contribution is 0.590. The Bertz CT molecular complexity index is 3970. The molecule has 2 heteroatoms. The highest BCUT2D eigenvalue weighted by Gasteiger charge is 2.40. The van der Waals surface area contributed by atoms with Gasteiger partial charge in [0, 0.05) is 39.1 Å². The molecule has 0 saturated heterocycles. The van der Waals surface area contributed by atoms with Crippen molar-refractivity contribution < 1.29 is 4.42 Å². The fraction of sp³-hybridized carbons (Fsp3) is 0.130. The molecule has 0 saturated carbocycles. The molecule has 2 nitrogen and oxygen atoms in total. The summed E-state index contributed by atoms with van der Waals surface area (Å²) in [7, 11) is 0. The third-order valence-corrected chi connectivity index (χ3v) is 15.5. The predicted molar refractivity (Wildman–Crippen MR) is 299 cm³/mol. The number of hydrogen-bond donors (Lipinski definition) is 0. The maximum Gasteiger partial charge on any atom is 0.152 e. The smallest absolute Gasteiger partial charge is 0.152 e. The van der Waals surface area contributed by atoms with Crippen molar-refractivity contribution in [3.8, 4) is 44.5 Å². The molecule has 10 aromatic carbocycles. The molecule has 0 N–H and O–H groups in total. The van der Waals surface area contributed by atoms with Crippen LogP contribution in [0.25, 0.3) is 93.6 Å². The van der Waals surface area contributed by atoms with E-state index in [0.29, 0.717) is 0 Å². The second-order valence-corrected chi connectivity index (χ2v) is 21.0. The molecule has 0 bridgehead atoms. The Morgan fingerprint density at radius 3 is 1.89 bits per heavy atom. The minimum atomic E-state index is -0.0975. The van der Waals surface area contributed by atoms with Crippen LogP contribution in [0, 0.1) is 12.1 Å². The summed E-state index contributed by atoms with van der Waals surface area (Å²) < 4.78 is 6.85. The van der Waals surface area contributed by atoms with E-state index < -0.39 is 0 Å². The SMILES string of the molecule is CC(C)(C)c1ccc(-c2ccc(-c3ccc(N(C4=CC5=C(CC4)C(C)(C)c4cc6ccccc6cc45)c4ccc5ccccc5c4-c4c#ccc5c4oc4ccccc45)c(-c4ccccc4)c3)cc2)cc1. The van der Waals surface area contributed by atoms with Crippen LogP contribution in [0.1, 0.15) is 64.2 Å². The molecule has 1 aromatic heterocycles. The van der Waals surface area contributed by atoms with E-state index in [-0.39, 0.29) is 10.8 Å². The highest BCUT2D eigenvalue weighted by molar-refractivity contribution is 6.15. The van der Waals surface area contributed by atoms with Gasteiger partial charge >= 0.3 is 0 Å². The van der Waals surface area contributed by atoms with Crippen LogP contribution in [0.5, 0.6) is 0 Å². The monoisotopic (exact) mass is 911 g/mol. The fourth-order valence-electron chi connectivity index (χ4n) is 11.7. The number of allylic oxidation sites excluding steroid dienone is 4. The number of furan rings is 1. The molecule has 0 spiro atoms. The minimum absolute atomic E-state index is 0.0975. The van der Waals surface area contributed by atoms with Crippen molar-refractivity contribution in [3.63, 3.8) is 0 Å². The molecule has 11 aromatic rings. The summed E-state index contributed by atoms with van der Waals surface area (Å²) in [5, 5.41) is 6.95. The van der Waals surface area contributed by atoms with Crippen molar-refractivity contribution in [2.45, 2.75) is 58.3 Å². The lowest BCUT2D eigenvalue weighted by Gasteiger charge is -2.35. The average Bonchev–Trinajstić information content (AvgIpc) is 3.89. The number of nitrogens with zero attached hydrogens (tertiary/aromatic N) is 1. The Balaban J connectivity index is 1.05. The number of anilines is 2. The Labute approximate surface area is 416 Å². The van der Waals surface area contributed by atoms with Crippen molar-refractivity contribution in [2.75, 3.05) is 4.90 Å². The Kier molecular flexibility index (Phi) is 9.84. The second kappa shape index (κ2) is 16.4. The summed E-state index contributed by atoms with van der Waals surface area (Å²) in [5.74, 6) is 0. The zero-order valence-electron chi connectivity index (χ0n) is 40.9. The number of para-hydroxylation sites is 1. The summed E-state index contributed by atoms with van der Waals surface area (Å²) >= 11 is 0. The zero-order valence-corrected chi connectivity index (χ0v) is 40.9. The maximum absolute atomic E-state index is 6.85. The van der Waals surface area contributed by atoms with Gasteiger partial charge in [-0.05, 0) is 132 Å². The van der Waals surface area contributed by atoms with Crippen LogP contribution in [0.15, 0.2) is 222 Å².